The Kier molecular flexibility index (Phi) is 13.8. The molecule has 0 radical (unpaired) electrons. The van der Waals surface area contributed by atoms with E-state index in [1.807, 2.05) is 26.0 Å². The Bertz CT molecular complexity index is 132. The van der Waals surface area contributed by atoms with Crippen molar-refractivity contribution in [3.63, 3.8) is 0 Å². The molecule has 0 rings (SSSR count). The van der Waals surface area contributed by atoms with Crippen LogP contribution in [0.15, 0.2) is 29.4 Å². The number of nitrogens with zero attached hydrogens (tertiary/aromatic N) is 1. The monoisotopic (exact) mass is 153 g/mol. The van der Waals surface area contributed by atoms with Gasteiger partial charge in [0, 0.05) is 11.9 Å². The average molecular weight is 153 g/mol. The van der Waals surface area contributed by atoms with Crippen LogP contribution in [0.4, 0.5) is 0 Å². The Balaban J connectivity index is 0. The van der Waals surface area contributed by atoms with Gasteiger partial charge < -0.3 is 0 Å². The molecule has 0 N–H and O–H groups in total. The molecule has 0 amide bonds. The molecular weight excluding hydrogens is 134 g/mol. The quantitative estimate of drug-likeness (QED) is 0.538. The van der Waals surface area contributed by atoms with E-state index in [9.17, 15) is 0 Å². The zero-order valence-corrected chi connectivity index (χ0v) is 8.09. The molecule has 0 aliphatic rings. The molecular formula is C10H19N. The Morgan fingerprint density at radius 2 is 1.91 bits per heavy atom. The Labute approximate surface area is 70.5 Å². The lowest BCUT2D eigenvalue weighted by atomic mass is 10.5. The van der Waals surface area contributed by atoms with Gasteiger partial charge in [0.25, 0.3) is 0 Å². The second-order valence-corrected chi connectivity index (χ2v) is 2.25. The zero-order valence-electron chi connectivity index (χ0n) is 8.09. The van der Waals surface area contributed by atoms with Crippen molar-refractivity contribution in [2.24, 2.45) is 4.99 Å². The van der Waals surface area contributed by atoms with Crippen LogP contribution in [0.3, 0.4) is 0 Å². The van der Waals surface area contributed by atoms with Crippen molar-refractivity contribution in [3.8, 4) is 0 Å². The van der Waals surface area contributed by atoms with Gasteiger partial charge in [0.2, 0.25) is 0 Å². The Morgan fingerprint density at radius 1 is 1.45 bits per heavy atom. The van der Waals surface area contributed by atoms with E-state index in [1.54, 1.807) is 6.21 Å². The summed E-state index contributed by atoms with van der Waals surface area (Å²) in [5.41, 5.74) is 0.836. The van der Waals surface area contributed by atoms with Crippen molar-refractivity contribution in [2.75, 3.05) is 0 Å². The third kappa shape index (κ3) is 27.2. The summed E-state index contributed by atoms with van der Waals surface area (Å²) in [5, 5.41) is 0. The lowest BCUT2D eigenvalue weighted by Crippen LogP contribution is -1.64. The molecule has 0 aromatic heterocycles. The highest BCUT2D eigenvalue weighted by atomic mass is 14.7. The van der Waals surface area contributed by atoms with Gasteiger partial charge in [-0.05, 0) is 19.9 Å². The highest BCUT2D eigenvalue weighted by Gasteiger charge is 1.66. The standard InChI is InChI=1S/C7H11N.C3H8/c1-4-5-6-8-7(2)3;1-3-2/h4-6H,2H2,1,3H3;3H2,1-2H3/b5-4-,8-6?;. The third-order valence-electron chi connectivity index (χ3n) is 0.573. The van der Waals surface area contributed by atoms with Gasteiger partial charge in [-0.25, -0.2) is 0 Å². The van der Waals surface area contributed by atoms with Gasteiger partial charge >= 0.3 is 0 Å². The molecule has 0 aliphatic heterocycles. The number of hydrogen-bond acceptors (Lipinski definition) is 1. The largest absolute Gasteiger partial charge is 0.262 e. The number of aliphatic imine (C=N–C) groups is 1. The van der Waals surface area contributed by atoms with E-state index in [2.05, 4.69) is 25.4 Å². The van der Waals surface area contributed by atoms with Gasteiger partial charge in [0.1, 0.15) is 0 Å². The average Bonchev–Trinajstić information content (AvgIpc) is 1.89. The van der Waals surface area contributed by atoms with Crippen molar-refractivity contribution < 1.29 is 0 Å². The first-order chi connectivity index (χ1) is 5.18. The predicted octanol–water partition coefficient (Wildman–Crippen LogP) is 3.58. The fourth-order valence-corrected chi connectivity index (χ4v) is 0.256. The minimum Gasteiger partial charge on any atom is -0.262 e. The fourth-order valence-electron chi connectivity index (χ4n) is 0.256. The lowest BCUT2D eigenvalue weighted by molar-refractivity contribution is 1.09. The highest BCUT2D eigenvalue weighted by Crippen LogP contribution is 1.84. The summed E-state index contributed by atoms with van der Waals surface area (Å²) in [4.78, 5) is 3.91. The number of allylic oxidation sites excluding steroid dienone is 3. The van der Waals surface area contributed by atoms with Crippen LogP contribution in [0.1, 0.15) is 34.1 Å². The lowest BCUT2D eigenvalue weighted by Gasteiger charge is -1.79. The van der Waals surface area contributed by atoms with Crippen LogP contribution in [-0.2, 0) is 0 Å². The molecule has 0 aromatic carbocycles. The maximum atomic E-state index is 3.91. The van der Waals surface area contributed by atoms with Crippen molar-refractivity contribution in [1.82, 2.24) is 0 Å². The van der Waals surface area contributed by atoms with Crippen LogP contribution in [0.5, 0.6) is 0 Å². The molecule has 0 spiro atoms. The molecule has 0 heterocycles. The van der Waals surface area contributed by atoms with Gasteiger partial charge in [0.05, 0.1) is 0 Å². The Morgan fingerprint density at radius 3 is 2.18 bits per heavy atom. The summed E-state index contributed by atoms with van der Waals surface area (Å²) in [6.45, 7) is 11.7. The van der Waals surface area contributed by atoms with Gasteiger partial charge in [-0.15, -0.1) is 0 Å². The van der Waals surface area contributed by atoms with E-state index in [-0.39, 0.29) is 0 Å². The molecule has 0 bridgehead atoms. The molecule has 0 fully saturated rings. The highest BCUT2D eigenvalue weighted by molar-refractivity contribution is 5.71. The molecule has 11 heavy (non-hydrogen) atoms. The van der Waals surface area contributed by atoms with Crippen LogP contribution in [0.25, 0.3) is 0 Å². The number of hydrogen-bond donors (Lipinski definition) is 0. The van der Waals surface area contributed by atoms with Crippen molar-refractivity contribution in [3.05, 3.63) is 24.4 Å². The molecule has 0 saturated heterocycles. The maximum absolute atomic E-state index is 3.91. The zero-order chi connectivity index (χ0) is 9.11. The summed E-state index contributed by atoms with van der Waals surface area (Å²) in [7, 11) is 0. The summed E-state index contributed by atoms with van der Waals surface area (Å²) >= 11 is 0. The smallest absolute Gasteiger partial charge is 0.0300 e. The molecule has 1 heteroatoms. The van der Waals surface area contributed by atoms with Crippen molar-refractivity contribution in [2.45, 2.75) is 34.1 Å². The molecule has 0 atom stereocenters. The maximum Gasteiger partial charge on any atom is 0.0300 e. The normalized spacial score (nSPS) is 9.82. The van der Waals surface area contributed by atoms with Crippen LogP contribution >= 0.6 is 0 Å². The van der Waals surface area contributed by atoms with Crippen LogP contribution < -0.4 is 0 Å². The molecule has 0 unspecified atom stereocenters. The van der Waals surface area contributed by atoms with E-state index in [4.69, 9.17) is 0 Å². The van der Waals surface area contributed by atoms with Gasteiger partial charge in [0.15, 0.2) is 0 Å². The van der Waals surface area contributed by atoms with Crippen LogP contribution in [0, 0.1) is 0 Å². The topological polar surface area (TPSA) is 12.4 Å². The first kappa shape index (κ1) is 12.8. The van der Waals surface area contributed by atoms with E-state index < -0.39 is 0 Å². The van der Waals surface area contributed by atoms with Crippen molar-refractivity contribution in [1.29, 1.82) is 0 Å². The van der Waals surface area contributed by atoms with Crippen LogP contribution in [0.2, 0.25) is 0 Å². The minimum absolute atomic E-state index is 0.836. The Hall–Kier alpha value is -0.850. The molecule has 1 nitrogen and oxygen atoms in total. The summed E-state index contributed by atoms with van der Waals surface area (Å²) in [5.74, 6) is 0. The van der Waals surface area contributed by atoms with E-state index >= 15 is 0 Å². The van der Waals surface area contributed by atoms with Gasteiger partial charge in [-0.2, -0.15) is 0 Å². The SMILES string of the molecule is C=C(C)N=C/C=C\C.CCC. The molecule has 64 valence electrons. The van der Waals surface area contributed by atoms with Gasteiger partial charge in [-0.3, -0.25) is 4.99 Å². The summed E-state index contributed by atoms with van der Waals surface area (Å²) in [6.07, 6.45) is 6.77. The molecule has 0 aliphatic carbocycles. The second kappa shape index (κ2) is 11.9. The summed E-state index contributed by atoms with van der Waals surface area (Å²) < 4.78 is 0. The van der Waals surface area contributed by atoms with Crippen molar-refractivity contribution >= 4 is 6.21 Å². The van der Waals surface area contributed by atoms with E-state index in [0.29, 0.717) is 0 Å². The first-order valence-corrected chi connectivity index (χ1v) is 3.99. The van der Waals surface area contributed by atoms with E-state index in [0.717, 1.165) is 5.70 Å². The first-order valence-electron chi connectivity index (χ1n) is 3.99. The molecule has 0 aromatic rings. The second-order valence-electron chi connectivity index (χ2n) is 2.25. The van der Waals surface area contributed by atoms with Gasteiger partial charge in [-0.1, -0.05) is 32.9 Å². The minimum atomic E-state index is 0.836. The molecule has 0 saturated carbocycles. The third-order valence-corrected chi connectivity index (χ3v) is 0.573. The number of rotatable bonds is 2. The predicted molar refractivity (Wildman–Crippen MR) is 54.1 cm³/mol. The van der Waals surface area contributed by atoms with E-state index in [1.165, 1.54) is 6.42 Å². The summed E-state index contributed by atoms with van der Waals surface area (Å²) in [6, 6.07) is 0. The van der Waals surface area contributed by atoms with Crippen LogP contribution in [-0.4, -0.2) is 6.21 Å². The fraction of sp³-hybridized carbons (Fsp3) is 0.500.